The first-order valence-electron chi connectivity index (χ1n) is 4.63. The van der Waals surface area contributed by atoms with Gasteiger partial charge in [0.25, 0.3) is 5.56 Å². The molecule has 0 aromatic carbocycles. The van der Waals surface area contributed by atoms with Crippen LogP contribution < -0.4 is 11.2 Å². The van der Waals surface area contributed by atoms with Crippen LogP contribution in [-0.2, 0) is 14.1 Å². The van der Waals surface area contributed by atoms with Gasteiger partial charge >= 0.3 is 5.69 Å². The van der Waals surface area contributed by atoms with E-state index >= 15 is 0 Å². The number of fused-ring (bicyclic) bond motifs is 1. The third-order valence-electron chi connectivity index (χ3n) is 2.53. The van der Waals surface area contributed by atoms with E-state index in [4.69, 9.17) is 16.9 Å². The second-order valence-electron chi connectivity index (χ2n) is 3.50. The molecular formula is C10H7ClN4O2. The van der Waals surface area contributed by atoms with Crippen molar-refractivity contribution in [3.8, 4) is 6.07 Å². The molecule has 0 amide bonds. The summed E-state index contributed by atoms with van der Waals surface area (Å²) in [5, 5.41) is 8.91. The molecule has 0 aliphatic heterocycles. The molecule has 0 saturated heterocycles. The van der Waals surface area contributed by atoms with Crippen LogP contribution >= 0.6 is 11.6 Å². The Labute approximate surface area is 100 Å². The number of nitrogens with zero attached hydrogens (tertiary/aromatic N) is 4. The summed E-state index contributed by atoms with van der Waals surface area (Å²) in [5.74, 6) is 0. The SMILES string of the molecule is Cn1c(=O)c2c(Cl)c(C#N)cnc2n(C)c1=O. The van der Waals surface area contributed by atoms with Gasteiger partial charge in [-0.25, -0.2) is 9.78 Å². The van der Waals surface area contributed by atoms with Crippen LogP contribution in [0, 0.1) is 11.3 Å². The molecule has 2 rings (SSSR count). The summed E-state index contributed by atoms with van der Waals surface area (Å²) in [4.78, 5) is 27.5. The Morgan fingerprint density at radius 2 is 2.00 bits per heavy atom. The first-order chi connectivity index (χ1) is 7.99. The van der Waals surface area contributed by atoms with Crippen molar-refractivity contribution in [2.24, 2.45) is 14.1 Å². The van der Waals surface area contributed by atoms with Gasteiger partial charge in [0.15, 0.2) is 5.65 Å². The van der Waals surface area contributed by atoms with Gasteiger partial charge in [-0.15, -0.1) is 0 Å². The quantitative estimate of drug-likeness (QED) is 0.667. The van der Waals surface area contributed by atoms with E-state index in [0.29, 0.717) is 0 Å². The van der Waals surface area contributed by atoms with Gasteiger partial charge in [0.1, 0.15) is 11.5 Å². The van der Waals surface area contributed by atoms with Crippen LogP contribution in [0.1, 0.15) is 5.56 Å². The zero-order valence-corrected chi connectivity index (χ0v) is 9.82. The van der Waals surface area contributed by atoms with Crippen LogP contribution in [0.5, 0.6) is 0 Å². The smallest absolute Gasteiger partial charge is 0.280 e. The second-order valence-corrected chi connectivity index (χ2v) is 3.88. The van der Waals surface area contributed by atoms with Gasteiger partial charge in [0, 0.05) is 20.3 Å². The normalized spacial score (nSPS) is 10.5. The Balaban J connectivity index is 3.20. The van der Waals surface area contributed by atoms with Gasteiger partial charge in [-0.2, -0.15) is 5.26 Å². The molecule has 0 N–H and O–H groups in total. The highest BCUT2D eigenvalue weighted by molar-refractivity contribution is 6.36. The Morgan fingerprint density at radius 1 is 1.35 bits per heavy atom. The predicted octanol–water partition coefficient (Wildman–Crippen LogP) is 0.157. The maximum Gasteiger partial charge on any atom is 0.332 e. The minimum Gasteiger partial charge on any atom is -0.280 e. The van der Waals surface area contributed by atoms with Crippen molar-refractivity contribution in [1.29, 1.82) is 5.26 Å². The lowest BCUT2D eigenvalue weighted by Gasteiger charge is -2.07. The van der Waals surface area contributed by atoms with Crippen molar-refractivity contribution in [2.75, 3.05) is 0 Å². The van der Waals surface area contributed by atoms with Crippen LogP contribution in [0.2, 0.25) is 5.02 Å². The Bertz CT molecular complexity index is 782. The lowest BCUT2D eigenvalue weighted by atomic mass is 10.2. The first kappa shape index (κ1) is 11.4. The standard InChI is InChI=1S/C10H7ClN4O2/c1-14-8-6(9(16)15(2)10(14)17)7(11)5(3-12)4-13-8/h4H,1-2H3. The summed E-state index contributed by atoms with van der Waals surface area (Å²) >= 11 is 5.95. The number of pyridine rings is 1. The van der Waals surface area contributed by atoms with Crippen LogP contribution in [0.25, 0.3) is 11.0 Å². The molecular weight excluding hydrogens is 244 g/mol. The molecule has 0 spiro atoms. The molecule has 86 valence electrons. The summed E-state index contributed by atoms with van der Waals surface area (Å²) < 4.78 is 2.14. The van der Waals surface area contributed by atoms with Crippen LogP contribution in [0.15, 0.2) is 15.8 Å². The lowest BCUT2D eigenvalue weighted by Crippen LogP contribution is -2.37. The van der Waals surface area contributed by atoms with Gasteiger partial charge in [-0.1, -0.05) is 11.6 Å². The molecule has 0 bridgehead atoms. The Kier molecular flexibility index (Phi) is 2.48. The zero-order chi connectivity index (χ0) is 12.7. The molecule has 0 aliphatic carbocycles. The Hall–Kier alpha value is -2.13. The maximum absolute atomic E-state index is 11.9. The van der Waals surface area contributed by atoms with Crippen LogP contribution in [0.4, 0.5) is 0 Å². The van der Waals surface area contributed by atoms with E-state index in [0.717, 1.165) is 4.57 Å². The van der Waals surface area contributed by atoms with Gasteiger partial charge in [0.2, 0.25) is 0 Å². The van der Waals surface area contributed by atoms with Crippen molar-refractivity contribution >= 4 is 22.6 Å². The average molecular weight is 251 g/mol. The topological polar surface area (TPSA) is 80.7 Å². The largest absolute Gasteiger partial charge is 0.332 e. The van der Waals surface area contributed by atoms with Crippen molar-refractivity contribution in [2.45, 2.75) is 0 Å². The van der Waals surface area contributed by atoms with E-state index in [1.54, 1.807) is 0 Å². The molecule has 0 atom stereocenters. The minimum absolute atomic E-state index is 0.0219. The Morgan fingerprint density at radius 3 is 2.59 bits per heavy atom. The molecule has 0 radical (unpaired) electrons. The second kappa shape index (κ2) is 3.71. The number of nitriles is 1. The average Bonchev–Trinajstić information content (AvgIpc) is 2.33. The molecule has 2 aromatic rings. The number of aromatic nitrogens is 3. The van der Waals surface area contributed by atoms with E-state index in [-0.39, 0.29) is 21.6 Å². The summed E-state index contributed by atoms with van der Waals surface area (Å²) in [7, 11) is 2.83. The van der Waals surface area contributed by atoms with Crippen molar-refractivity contribution in [3.05, 3.63) is 37.6 Å². The molecule has 17 heavy (non-hydrogen) atoms. The number of hydrogen-bond donors (Lipinski definition) is 0. The molecule has 7 heteroatoms. The maximum atomic E-state index is 11.9. The summed E-state index contributed by atoms with van der Waals surface area (Å²) in [6.45, 7) is 0. The van der Waals surface area contributed by atoms with Crippen LogP contribution in [-0.4, -0.2) is 14.1 Å². The highest BCUT2D eigenvalue weighted by atomic mass is 35.5. The van der Waals surface area contributed by atoms with E-state index in [1.165, 1.54) is 24.9 Å². The van der Waals surface area contributed by atoms with E-state index in [2.05, 4.69) is 4.98 Å². The first-order valence-corrected chi connectivity index (χ1v) is 5.01. The third kappa shape index (κ3) is 1.44. The third-order valence-corrected chi connectivity index (χ3v) is 2.92. The molecule has 2 heterocycles. The van der Waals surface area contributed by atoms with E-state index in [1.807, 2.05) is 6.07 Å². The van der Waals surface area contributed by atoms with Gasteiger partial charge in [-0.05, 0) is 0 Å². The van der Waals surface area contributed by atoms with Gasteiger partial charge < -0.3 is 0 Å². The summed E-state index contributed by atoms with van der Waals surface area (Å²) in [5.41, 5.74) is -0.773. The van der Waals surface area contributed by atoms with Gasteiger partial charge in [0.05, 0.1) is 10.6 Å². The monoisotopic (exact) mass is 250 g/mol. The number of halogens is 1. The van der Waals surface area contributed by atoms with Crippen molar-refractivity contribution in [1.82, 2.24) is 14.1 Å². The number of aryl methyl sites for hydroxylation is 1. The highest BCUT2D eigenvalue weighted by Gasteiger charge is 2.15. The van der Waals surface area contributed by atoms with Crippen LogP contribution in [0.3, 0.4) is 0 Å². The molecule has 2 aromatic heterocycles. The highest BCUT2D eigenvalue weighted by Crippen LogP contribution is 2.20. The summed E-state index contributed by atoms with van der Waals surface area (Å²) in [6.07, 6.45) is 1.24. The fourth-order valence-electron chi connectivity index (χ4n) is 1.57. The van der Waals surface area contributed by atoms with Gasteiger partial charge in [-0.3, -0.25) is 13.9 Å². The molecule has 0 saturated carbocycles. The lowest BCUT2D eigenvalue weighted by molar-refractivity contribution is 0.707. The fraction of sp³-hybridized carbons (Fsp3) is 0.200. The van der Waals surface area contributed by atoms with Crippen molar-refractivity contribution in [3.63, 3.8) is 0 Å². The predicted molar refractivity (Wildman–Crippen MR) is 62.0 cm³/mol. The molecule has 0 aliphatic rings. The fourth-order valence-corrected chi connectivity index (χ4v) is 1.83. The van der Waals surface area contributed by atoms with E-state index < -0.39 is 11.2 Å². The summed E-state index contributed by atoms with van der Waals surface area (Å²) in [6, 6.07) is 1.84. The molecule has 0 unspecified atom stereocenters. The minimum atomic E-state index is -0.558. The van der Waals surface area contributed by atoms with E-state index in [9.17, 15) is 9.59 Å². The zero-order valence-electron chi connectivity index (χ0n) is 9.06. The van der Waals surface area contributed by atoms with Crippen molar-refractivity contribution < 1.29 is 0 Å². The number of rotatable bonds is 0. The molecule has 6 nitrogen and oxygen atoms in total. The molecule has 0 fully saturated rings. The number of hydrogen-bond acceptors (Lipinski definition) is 4.